The van der Waals surface area contributed by atoms with Crippen LogP contribution in [0.5, 0.6) is 5.75 Å². The SMILES string of the molecule is O=c1n2c(nn1[C@H]1C[C@H](Oc3cccc4cnoc34)C1)CC[C@H]2c1cc(F)cc(F)c1. The predicted molar refractivity (Wildman–Crippen MR) is 106 cm³/mol. The molecule has 4 aromatic rings. The highest BCUT2D eigenvalue weighted by molar-refractivity contribution is 5.81. The van der Waals surface area contributed by atoms with Crippen molar-refractivity contribution >= 4 is 11.0 Å². The van der Waals surface area contributed by atoms with Crippen LogP contribution in [0.4, 0.5) is 8.78 Å². The zero-order valence-corrected chi connectivity index (χ0v) is 16.4. The number of benzene rings is 2. The van der Waals surface area contributed by atoms with Crippen LogP contribution in [0.3, 0.4) is 0 Å². The maximum Gasteiger partial charge on any atom is 0.346 e. The molecule has 0 saturated heterocycles. The van der Waals surface area contributed by atoms with Gasteiger partial charge >= 0.3 is 5.69 Å². The number of para-hydroxylation sites is 1. The first-order valence-electron chi connectivity index (χ1n) is 10.2. The largest absolute Gasteiger partial charge is 0.486 e. The van der Waals surface area contributed by atoms with Gasteiger partial charge in [0.05, 0.1) is 18.3 Å². The second-order valence-corrected chi connectivity index (χ2v) is 8.14. The lowest BCUT2D eigenvalue weighted by molar-refractivity contribution is 0.0625. The Morgan fingerprint density at radius 2 is 1.94 bits per heavy atom. The number of ether oxygens (including phenoxy) is 1. The summed E-state index contributed by atoms with van der Waals surface area (Å²) in [7, 11) is 0. The minimum absolute atomic E-state index is 0.0581. The van der Waals surface area contributed by atoms with Gasteiger partial charge in [-0.05, 0) is 36.2 Å². The van der Waals surface area contributed by atoms with Gasteiger partial charge in [0.1, 0.15) is 23.6 Å². The number of fused-ring (bicyclic) bond motifs is 2. The van der Waals surface area contributed by atoms with Crippen LogP contribution < -0.4 is 10.4 Å². The summed E-state index contributed by atoms with van der Waals surface area (Å²) in [5.41, 5.74) is 0.810. The van der Waals surface area contributed by atoms with Crippen molar-refractivity contribution in [2.45, 2.75) is 43.9 Å². The van der Waals surface area contributed by atoms with Crippen molar-refractivity contribution in [2.24, 2.45) is 0 Å². The van der Waals surface area contributed by atoms with Crippen LogP contribution >= 0.6 is 0 Å². The number of rotatable bonds is 4. The Morgan fingerprint density at radius 1 is 1.13 bits per heavy atom. The van der Waals surface area contributed by atoms with Crippen LogP contribution in [-0.4, -0.2) is 25.6 Å². The van der Waals surface area contributed by atoms with Crippen LogP contribution in [0.25, 0.3) is 11.0 Å². The second-order valence-electron chi connectivity index (χ2n) is 8.14. The van der Waals surface area contributed by atoms with Crippen molar-refractivity contribution in [3.63, 3.8) is 0 Å². The average Bonchev–Trinajstić information content (AvgIpc) is 3.40. The van der Waals surface area contributed by atoms with Crippen molar-refractivity contribution in [3.8, 4) is 5.75 Å². The molecule has 0 spiro atoms. The van der Waals surface area contributed by atoms with Crippen LogP contribution in [0.15, 0.2) is 51.9 Å². The van der Waals surface area contributed by atoms with Crippen molar-refractivity contribution < 1.29 is 18.0 Å². The standard InChI is InChI=1S/C22H18F2N4O3/c23-14-6-13(7-15(24)8-14)18-4-5-20-26-28(22(29)27(18)20)16-9-17(10-16)30-19-3-1-2-12-11-25-31-21(12)19/h1-3,6-8,11,16-18H,4-5,9-10H2/t16-,17-,18-/m0/s1. The average molecular weight is 424 g/mol. The van der Waals surface area contributed by atoms with E-state index in [1.54, 1.807) is 10.8 Å². The van der Waals surface area contributed by atoms with Gasteiger partial charge in [-0.2, -0.15) is 5.10 Å². The van der Waals surface area contributed by atoms with E-state index in [1.165, 1.54) is 16.8 Å². The molecule has 1 aliphatic carbocycles. The molecule has 2 aromatic heterocycles. The third kappa shape index (κ3) is 2.95. The molecule has 158 valence electrons. The van der Waals surface area contributed by atoms with Crippen molar-refractivity contribution in [3.05, 3.63) is 76.1 Å². The molecule has 0 amide bonds. The van der Waals surface area contributed by atoms with Gasteiger partial charge in [-0.3, -0.25) is 4.57 Å². The van der Waals surface area contributed by atoms with Crippen LogP contribution in [0.2, 0.25) is 0 Å². The Balaban J connectivity index is 1.21. The molecule has 0 unspecified atom stereocenters. The molecule has 1 saturated carbocycles. The highest BCUT2D eigenvalue weighted by Crippen LogP contribution is 2.37. The lowest BCUT2D eigenvalue weighted by Crippen LogP contribution is -2.41. The quantitative estimate of drug-likeness (QED) is 0.498. The second kappa shape index (κ2) is 6.76. The Hall–Kier alpha value is -3.49. The summed E-state index contributed by atoms with van der Waals surface area (Å²) in [6, 6.07) is 8.53. The van der Waals surface area contributed by atoms with E-state index in [-0.39, 0.29) is 17.8 Å². The summed E-state index contributed by atoms with van der Waals surface area (Å²) < 4.78 is 41.7. The van der Waals surface area contributed by atoms with E-state index in [2.05, 4.69) is 10.3 Å². The Kier molecular flexibility index (Phi) is 3.99. The van der Waals surface area contributed by atoms with Gasteiger partial charge in [0.2, 0.25) is 5.58 Å². The van der Waals surface area contributed by atoms with Crippen LogP contribution in [0.1, 0.15) is 42.7 Å². The third-order valence-corrected chi connectivity index (χ3v) is 6.18. The third-order valence-electron chi connectivity index (χ3n) is 6.18. The molecule has 9 heteroatoms. The maximum atomic E-state index is 13.7. The van der Waals surface area contributed by atoms with Gasteiger partial charge in [-0.1, -0.05) is 11.2 Å². The maximum absolute atomic E-state index is 13.7. The number of aromatic nitrogens is 4. The molecule has 3 heterocycles. The van der Waals surface area contributed by atoms with E-state index in [9.17, 15) is 13.6 Å². The molecule has 7 nitrogen and oxygen atoms in total. The van der Waals surface area contributed by atoms with E-state index in [0.29, 0.717) is 48.4 Å². The summed E-state index contributed by atoms with van der Waals surface area (Å²) in [6.07, 6.45) is 4.04. The van der Waals surface area contributed by atoms with Crippen LogP contribution in [-0.2, 0) is 6.42 Å². The van der Waals surface area contributed by atoms with E-state index >= 15 is 0 Å². The first kappa shape index (κ1) is 18.3. The first-order valence-corrected chi connectivity index (χ1v) is 10.2. The van der Waals surface area contributed by atoms with Crippen molar-refractivity contribution in [2.75, 3.05) is 0 Å². The minimum Gasteiger partial charge on any atom is -0.486 e. The van der Waals surface area contributed by atoms with Gasteiger partial charge in [-0.15, -0.1) is 0 Å². The minimum atomic E-state index is -0.648. The lowest BCUT2D eigenvalue weighted by atomic mass is 9.89. The fourth-order valence-electron chi connectivity index (χ4n) is 4.61. The van der Waals surface area contributed by atoms with Crippen LogP contribution in [0, 0.1) is 11.6 Å². The van der Waals surface area contributed by atoms with Gasteiger partial charge < -0.3 is 9.26 Å². The van der Waals surface area contributed by atoms with E-state index in [0.717, 1.165) is 11.5 Å². The first-order chi connectivity index (χ1) is 15.1. The smallest absolute Gasteiger partial charge is 0.346 e. The number of nitrogens with zero attached hydrogens (tertiary/aromatic N) is 4. The molecule has 6 rings (SSSR count). The molecule has 1 atom stereocenters. The molecule has 1 fully saturated rings. The fourth-order valence-corrected chi connectivity index (χ4v) is 4.61. The summed E-state index contributed by atoms with van der Waals surface area (Å²) in [6.45, 7) is 0. The monoisotopic (exact) mass is 424 g/mol. The normalized spacial score (nSPS) is 22.5. The Bertz CT molecular complexity index is 1330. The highest BCUT2D eigenvalue weighted by atomic mass is 19.1. The summed E-state index contributed by atoms with van der Waals surface area (Å²) in [5, 5.41) is 9.18. The predicted octanol–water partition coefficient (Wildman–Crippen LogP) is 3.78. The van der Waals surface area contributed by atoms with Gasteiger partial charge in [-0.25, -0.2) is 18.3 Å². The number of hydrogen-bond acceptors (Lipinski definition) is 5. The molecule has 0 radical (unpaired) electrons. The molecular formula is C22H18F2N4O3. The lowest BCUT2D eigenvalue weighted by Gasteiger charge is -2.34. The molecule has 2 aromatic carbocycles. The van der Waals surface area contributed by atoms with Gasteiger partial charge in [0.25, 0.3) is 0 Å². The van der Waals surface area contributed by atoms with E-state index in [1.807, 2.05) is 18.2 Å². The fraction of sp³-hybridized carbons (Fsp3) is 0.318. The molecule has 1 aliphatic heterocycles. The molecule has 0 N–H and O–H groups in total. The number of aryl methyl sites for hydroxylation is 1. The number of hydrogen-bond donors (Lipinski definition) is 0. The van der Waals surface area contributed by atoms with E-state index < -0.39 is 17.7 Å². The molecule has 0 bridgehead atoms. The number of halogens is 2. The highest BCUT2D eigenvalue weighted by Gasteiger charge is 2.38. The topological polar surface area (TPSA) is 75.1 Å². The van der Waals surface area contributed by atoms with Gasteiger partial charge in [0, 0.05) is 30.7 Å². The molecular weight excluding hydrogens is 406 g/mol. The van der Waals surface area contributed by atoms with Crippen molar-refractivity contribution in [1.82, 2.24) is 19.5 Å². The van der Waals surface area contributed by atoms with Crippen molar-refractivity contribution in [1.29, 1.82) is 0 Å². The zero-order valence-electron chi connectivity index (χ0n) is 16.4. The van der Waals surface area contributed by atoms with Gasteiger partial charge in [0.15, 0.2) is 5.75 Å². The molecule has 2 aliphatic rings. The Labute approximate surface area is 174 Å². The summed E-state index contributed by atoms with van der Waals surface area (Å²) in [5.74, 6) is -0.0175. The Morgan fingerprint density at radius 3 is 2.74 bits per heavy atom. The summed E-state index contributed by atoms with van der Waals surface area (Å²) >= 11 is 0. The zero-order chi connectivity index (χ0) is 21.1. The molecule has 31 heavy (non-hydrogen) atoms. The van der Waals surface area contributed by atoms with E-state index in [4.69, 9.17) is 9.26 Å². The summed E-state index contributed by atoms with van der Waals surface area (Å²) in [4.78, 5) is 13.1.